The predicted molar refractivity (Wildman–Crippen MR) is 68.0 cm³/mol. The lowest BCUT2D eigenvalue weighted by atomic mass is 10.0. The van der Waals surface area contributed by atoms with E-state index >= 15 is 0 Å². The zero-order valence-corrected chi connectivity index (χ0v) is 11.5. The molecule has 0 radical (unpaired) electrons. The summed E-state index contributed by atoms with van der Waals surface area (Å²) in [4.78, 5) is -0.0613. The number of rotatable bonds is 3. The molecule has 1 aromatic carbocycles. The zero-order chi connectivity index (χ0) is 13.6. The fourth-order valence-corrected chi connectivity index (χ4v) is 5.36. The summed E-state index contributed by atoms with van der Waals surface area (Å²) in [5, 5.41) is 0. The van der Waals surface area contributed by atoms with Gasteiger partial charge in [-0.1, -0.05) is 6.07 Å². The van der Waals surface area contributed by atoms with Crippen molar-refractivity contribution in [1.29, 1.82) is 0 Å². The molecule has 104 valence electrons. The number of halogens is 1. The Hall–Kier alpha value is -1.14. The number of fused-ring (bicyclic) bond motifs is 2. The highest BCUT2D eigenvalue weighted by Crippen LogP contribution is 2.43. The van der Waals surface area contributed by atoms with Gasteiger partial charge in [-0.3, -0.25) is 0 Å². The molecular weight excluding hydrogens is 269 g/mol. The number of benzene rings is 1. The van der Waals surface area contributed by atoms with E-state index in [1.807, 2.05) is 0 Å². The molecule has 0 saturated carbocycles. The van der Waals surface area contributed by atoms with Crippen LogP contribution in [0.4, 0.5) is 4.39 Å². The second-order valence-electron chi connectivity index (χ2n) is 5.07. The van der Waals surface area contributed by atoms with Crippen LogP contribution in [0.1, 0.15) is 25.7 Å². The highest BCUT2D eigenvalue weighted by Gasteiger charge is 2.47. The van der Waals surface area contributed by atoms with E-state index in [2.05, 4.69) is 0 Å². The van der Waals surface area contributed by atoms with E-state index in [1.165, 1.54) is 25.3 Å². The van der Waals surface area contributed by atoms with Crippen molar-refractivity contribution in [3.8, 4) is 5.75 Å². The number of nitrogens with zero attached hydrogens (tertiary/aromatic N) is 1. The van der Waals surface area contributed by atoms with Gasteiger partial charge in [-0.25, -0.2) is 12.8 Å². The first-order valence-corrected chi connectivity index (χ1v) is 7.85. The van der Waals surface area contributed by atoms with E-state index in [9.17, 15) is 12.8 Å². The number of para-hydroxylation sites is 1. The number of ether oxygens (including phenoxy) is 1. The molecule has 0 spiro atoms. The molecule has 1 aromatic rings. The van der Waals surface area contributed by atoms with E-state index in [1.54, 1.807) is 4.31 Å². The molecular formula is C13H16FNO3S. The Bertz CT molecular complexity index is 582. The summed E-state index contributed by atoms with van der Waals surface area (Å²) in [7, 11) is -2.38. The van der Waals surface area contributed by atoms with Crippen LogP contribution in [0.3, 0.4) is 0 Å². The third kappa shape index (κ3) is 1.85. The van der Waals surface area contributed by atoms with Crippen LogP contribution in [0.2, 0.25) is 0 Å². The van der Waals surface area contributed by atoms with Gasteiger partial charge in [0.25, 0.3) is 0 Å². The van der Waals surface area contributed by atoms with Crippen molar-refractivity contribution in [2.24, 2.45) is 0 Å². The average Bonchev–Trinajstić information content (AvgIpc) is 2.98. The number of hydrogen-bond acceptors (Lipinski definition) is 3. The molecule has 0 atom stereocenters. The summed E-state index contributed by atoms with van der Waals surface area (Å²) in [6.07, 6.45) is 3.62. The Morgan fingerprint density at radius 3 is 2.32 bits per heavy atom. The molecule has 0 N–H and O–H groups in total. The molecule has 19 heavy (non-hydrogen) atoms. The lowest BCUT2D eigenvalue weighted by molar-refractivity contribution is 0.363. The van der Waals surface area contributed by atoms with Crippen LogP contribution in [0.15, 0.2) is 23.1 Å². The van der Waals surface area contributed by atoms with Crippen molar-refractivity contribution >= 4 is 10.0 Å². The monoisotopic (exact) mass is 285 g/mol. The quantitative estimate of drug-likeness (QED) is 0.855. The number of methoxy groups -OCH3 is 1. The first-order valence-electron chi connectivity index (χ1n) is 6.41. The van der Waals surface area contributed by atoms with Crippen molar-refractivity contribution in [2.75, 3.05) is 7.11 Å². The Morgan fingerprint density at radius 2 is 1.79 bits per heavy atom. The first-order chi connectivity index (χ1) is 9.05. The van der Waals surface area contributed by atoms with Crippen LogP contribution in [-0.2, 0) is 10.0 Å². The summed E-state index contributed by atoms with van der Waals surface area (Å²) >= 11 is 0. The van der Waals surface area contributed by atoms with E-state index in [-0.39, 0.29) is 22.7 Å². The maximum atomic E-state index is 13.7. The Balaban J connectivity index is 2.09. The third-order valence-corrected chi connectivity index (χ3v) is 6.11. The molecule has 2 bridgehead atoms. The van der Waals surface area contributed by atoms with Crippen molar-refractivity contribution < 1.29 is 17.5 Å². The summed E-state index contributed by atoms with van der Waals surface area (Å²) in [5.74, 6) is -0.830. The van der Waals surface area contributed by atoms with Crippen molar-refractivity contribution in [3.63, 3.8) is 0 Å². The molecule has 2 aliphatic rings. The lowest BCUT2D eigenvalue weighted by Crippen LogP contribution is -2.35. The first kappa shape index (κ1) is 12.9. The molecule has 3 rings (SSSR count). The van der Waals surface area contributed by atoms with Gasteiger partial charge in [0.05, 0.1) is 7.11 Å². The Labute approximate surface area is 112 Å². The van der Waals surface area contributed by atoms with Gasteiger partial charge >= 0.3 is 0 Å². The molecule has 0 unspecified atom stereocenters. The van der Waals surface area contributed by atoms with Gasteiger partial charge in [0.1, 0.15) is 4.90 Å². The van der Waals surface area contributed by atoms with Crippen LogP contribution >= 0.6 is 0 Å². The smallest absolute Gasteiger partial charge is 0.247 e. The predicted octanol–water partition coefficient (Wildman–Crippen LogP) is 2.15. The van der Waals surface area contributed by atoms with Crippen LogP contribution in [0.25, 0.3) is 0 Å². The molecule has 2 saturated heterocycles. The van der Waals surface area contributed by atoms with Gasteiger partial charge in [-0.2, -0.15) is 4.31 Å². The van der Waals surface area contributed by atoms with E-state index < -0.39 is 15.8 Å². The maximum Gasteiger partial charge on any atom is 0.247 e. The summed E-state index contributed by atoms with van der Waals surface area (Å²) in [5.41, 5.74) is 0. The van der Waals surface area contributed by atoms with E-state index in [0.717, 1.165) is 25.7 Å². The van der Waals surface area contributed by atoms with Gasteiger partial charge in [-0.15, -0.1) is 0 Å². The second kappa shape index (κ2) is 4.45. The largest absolute Gasteiger partial charge is 0.492 e. The standard InChI is InChI=1S/C13H16FNO3S/c1-18-13-11(14)3-2-4-12(13)19(16,17)15-9-5-6-10(15)8-7-9/h2-4,9-10H,5-8H2,1H3. The highest BCUT2D eigenvalue weighted by atomic mass is 32.2. The van der Waals surface area contributed by atoms with E-state index in [4.69, 9.17) is 4.74 Å². The Morgan fingerprint density at radius 1 is 1.21 bits per heavy atom. The van der Waals surface area contributed by atoms with Gasteiger partial charge in [0.2, 0.25) is 10.0 Å². The molecule has 0 aromatic heterocycles. The molecule has 2 fully saturated rings. The minimum absolute atomic E-state index is 0.0613. The topological polar surface area (TPSA) is 46.6 Å². The minimum Gasteiger partial charge on any atom is -0.492 e. The van der Waals surface area contributed by atoms with Crippen LogP contribution < -0.4 is 4.74 Å². The normalized spacial score (nSPS) is 26.8. The molecule has 4 nitrogen and oxygen atoms in total. The molecule has 6 heteroatoms. The van der Waals surface area contributed by atoms with Crippen molar-refractivity contribution in [1.82, 2.24) is 4.31 Å². The summed E-state index contributed by atoms with van der Waals surface area (Å²) < 4.78 is 45.6. The van der Waals surface area contributed by atoms with Crippen molar-refractivity contribution in [3.05, 3.63) is 24.0 Å². The SMILES string of the molecule is COc1c(F)cccc1S(=O)(=O)N1C2CCC1CC2. The second-order valence-corrected chi connectivity index (χ2v) is 6.88. The zero-order valence-electron chi connectivity index (χ0n) is 10.7. The van der Waals surface area contributed by atoms with Gasteiger partial charge in [0, 0.05) is 12.1 Å². The highest BCUT2D eigenvalue weighted by molar-refractivity contribution is 7.89. The van der Waals surface area contributed by atoms with Crippen LogP contribution in [0.5, 0.6) is 5.75 Å². The third-order valence-electron chi connectivity index (χ3n) is 4.08. The van der Waals surface area contributed by atoms with Gasteiger partial charge in [0.15, 0.2) is 11.6 Å². The Kier molecular flexibility index (Phi) is 3.02. The summed E-state index contributed by atoms with van der Waals surface area (Å²) in [6.45, 7) is 0. The van der Waals surface area contributed by atoms with Crippen molar-refractivity contribution in [2.45, 2.75) is 42.7 Å². The molecule has 2 heterocycles. The number of hydrogen-bond donors (Lipinski definition) is 0. The molecule has 0 amide bonds. The maximum absolute atomic E-state index is 13.7. The average molecular weight is 285 g/mol. The minimum atomic E-state index is -3.67. The van der Waals surface area contributed by atoms with Gasteiger partial charge in [-0.05, 0) is 37.8 Å². The summed E-state index contributed by atoms with van der Waals surface area (Å²) in [6, 6.07) is 4.17. The van der Waals surface area contributed by atoms with E-state index in [0.29, 0.717) is 0 Å². The van der Waals surface area contributed by atoms with Gasteiger partial charge < -0.3 is 4.74 Å². The molecule has 2 aliphatic heterocycles. The fourth-order valence-electron chi connectivity index (χ4n) is 3.26. The fraction of sp³-hybridized carbons (Fsp3) is 0.538. The van der Waals surface area contributed by atoms with Crippen LogP contribution in [0, 0.1) is 5.82 Å². The number of sulfonamides is 1. The lowest BCUT2D eigenvalue weighted by Gasteiger charge is -2.22. The van der Waals surface area contributed by atoms with Crippen LogP contribution in [-0.4, -0.2) is 31.9 Å². The molecule has 0 aliphatic carbocycles.